The largest absolute Gasteiger partial charge is 0.455 e. The van der Waals surface area contributed by atoms with Gasteiger partial charge in [-0.25, -0.2) is 0 Å². The Hall–Kier alpha value is -1.60. The van der Waals surface area contributed by atoms with Gasteiger partial charge in [0.1, 0.15) is 11.5 Å². The second-order valence-corrected chi connectivity index (χ2v) is 8.68. The van der Waals surface area contributed by atoms with Crippen LogP contribution in [0.25, 0.3) is 0 Å². The SMILES string of the molecule is Cc1ccc(S(=O)(=O)ON2CCC2)cc1Oc1cccc(C2CC2)c1Cl. The molecular weight excluding hydrogens is 374 g/mol. The highest BCUT2D eigenvalue weighted by atomic mass is 35.5. The summed E-state index contributed by atoms with van der Waals surface area (Å²) in [6.45, 7) is 3.11. The van der Waals surface area contributed by atoms with Crippen LogP contribution in [-0.4, -0.2) is 26.6 Å². The number of rotatable bonds is 6. The maximum absolute atomic E-state index is 12.4. The van der Waals surface area contributed by atoms with E-state index in [2.05, 4.69) is 0 Å². The molecule has 0 aromatic heterocycles. The Bertz CT molecular complexity index is 937. The van der Waals surface area contributed by atoms with Gasteiger partial charge in [-0.3, -0.25) is 0 Å². The van der Waals surface area contributed by atoms with Crippen molar-refractivity contribution in [2.75, 3.05) is 13.1 Å². The molecule has 0 N–H and O–H groups in total. The fraction of sp³-hybridized carbons (Fsp3) is 0.368. The van der Waals surface area contributed by atoms with Crippen molar-refractivity contribution < 1.29 is 17.4 Å². The molecule has 0 unspecified atom stereocenters. The van der Waals surface area contributed by atoms with Gasteiger partial charge in [-0.1, -0.05) is 29.8 Å². The molecule has 138 valence electrons. The summed E-state index contributed by atoms with van der Waals surface area (Å²) in [6.07, 6.45) is 3.22. The number of nitrogens with zero attached hydrogens (tertiary/aromatic N) is 1. The highest BCUT2D eigenvalue weighted by molar-refractivity contribution is 7.86. The number of hydrogen-bond acceptors (Lipinski definition) is 5. The molecule has 0 radical (unpaired) electrons. The van der Waals surface area contributed by atoms with Crippen LogP contribution in [0.4, 0.5) is 0 Å². The Labute approximate surface area is 158 Å². The Balaban J connectivity index is 1.62. The predicted molar refractivity (Wildman–Crippen MR) is 99.1 cm³/mol. The third-order valence-corrected chi connectivity index (χ3v) is 6.34. The molecule has 1 aliphatic heterocycles. The van der Waals surface area contributed by atoms with E-state index in [1.807, 2.05) is 19.1 Å². The lowest BCUT2D eigenvalue weighted by atomic mass is 10.1. The fourth-order valence-electron chi connectivity index (χ4n) is 2.82. The van der Waals surface area contributed by atoms with Crippen molar-refractivity contribution in [2.24, 2.45) is 0 Å². The van der Waals surface area contributed by atoms with Gasteiger partial charge in [-0.15, -0.1) is 0 Å². The Morgan fingerprint density at radius 2 is 1.88 bits per heavy atom. The van der Waals surface area contributed by atoms with E-state index in [0.717, 1.165) is 30.4 Å². The van der Waals surface area contributed by atoms with Crippen molar-refractivity contribution >= 4 is 21.7 Å². The van der Waals surface area contributed by atoms with Crippen LogP contribution in [-0.2, 0) is 14.4 Å². The molecular formula is C19H20ClNO4S. The number of ether oxygens (including phenoxy) is 1. The van der Waals surface area contributed by atoms with Crippen LogP contribution < -0.4 is 4.74 Å². The lowest BCUT2D eigenvalue weighted by Crippen LogP contribution is -2.38. The summed E-state index contributed by atoms with van der Waals surface area (Å²) in [7, 11) is -3.86. The van der Waals surface area contributed by atoms with Gasteiger partial charge in [0.15, 0.2) is 0 Å². The smallest absolute Gasteiger partial charge is 0.313 e. The van der Waals surface area contributed by atoms with Crippen molar-refractivity contribution in [3.05, 3.63) is 52.5 Å². The average Bonchev–Trinajstić information content (AvgIpc) is 3.40. The third-order valence-electron chi connectivity index (χ3n) is 4.70. The molecule has 1 saturated heterocycles. The van der Waals surface area contributed by atoms with Crippen LogP contribution >= 0.6 is 11.6 Å². The lowest BCUT2D eigenvalue weighted by Gasteiger charge is -2.28. The summed E-state index contributed by atoms with van der Waals surface area (Å²) in [4.78, 5) is 0.0690. The molecule has 0 amide bonds. The second-order valence-electron chi connectivity index (χ2n) is 6.77. The summed E-state index contributed by atoms with van der Waals surface area (Å²) in [6, 6.07) is 10.5. The first kappa shape index (κ1) is 17.8. The van der Waals surface area contributed by atoms with E-state index >= 15 is 0 Å². The molecule has 5 nitrogen and oxygen atoms in total. The van der Waals surface area contributed by atoms with E-state index in [9.17, 15) is 8.42 Å². The summed E-state index contributed by atoms with van der Waals surface area (Å²) in [5.74, 6) is 1.49. The first-order chi connectivity index (χ1) is 12.4. The Morgan fingerprint density at radius 3 is 2.54 bits per heavy atom. The average molecular weight is 394 g/mol. The van der Waals surface area contributed by atoms with Crippen LogP contribution in [0.1, 0.15) is 36.3 Å². The maximum Gasteiger partial charge on any atom is 0.313 e. The van der Waals surface area contributed by atoms with Crippen molar-refractivity contribution in [1.29, 1.82) is 0 Å². The van der Waals surface area contributed by atoms with E-state index in [-0.39, 0.29) is 4.90 Å². The first-order valence-electron chi connectivity index (χ1n) is 8.70. The van der Waals surface area contributed by atoms with Gasteiger partial charge in [0, 0.05) is 19.2 Å². The molecule has 2 fully saturated rings. The molecule has 0 atom stereocenters. The van der Waals surface area contributed by atoms with Crippen LogP contribution in [0, 0.1) is 6.92 Å². The van der Waals surface area contributed by atoms with E-state index in [0.29, 0.717) is 35.5 Å². The molecule has 0 bridgehead atoms. The van der Waals surface area contributed by atoms with E-state index in [1.54, 1.807) is 12.1 Å². The monoisotopic (exact) mass is 393 g/mol. The number of hydrogen-bond donors (Lipinski definition) is 0. The zero-order valence-electron chi connectivity index (χ0n) is 14.4. The van der Waals surface area contributed by atoms with Crippen LogP contribution in [0.3, 0.4) is 0 Å². The van der Waals surface area contributed by atoms with Crippen molar-refractivity contribution in [3.8, 4) is 11.5 Å². The second kappa shape index (κ2) is 6.85. The minimum Gasteiger partial charge on any atom is -0.455 e. The number of aryl methyl sites for hydroxylation is 1. The van der Waals surface area contributed by atoms with E-state index < -0.39 is 10.1 Å². The highest BCUT2D eigenvalue weighted by Gasteiger charge is 2.28. The minimum atomic E-state index is -3.86. The molecule has 7 heteroatoms. The van der Waals surface area contributed by atoms with Gasteiger partial charge in [0.05, 0.1) is 9.92 Å². The Morgan fingerprint density at radius 1 is 1.12 bits per heavy atom. The topological polar surface area (TPSA) is 55.8 Å². The summed E-state index contributed by atoms with van der Waals surface area (Å²) >= 11 is 6.50. The van der Waals surface area contributed by atoms with Crippen molar-refractivity contribution in [2.45, 2.75) is 37.0 Å². The van der Waals surface area contributed by atoms with E-state index in [4.69, 9.17) is 20.6 Å². The normalized spacial score (nSPS) is 17.8. The van der Waals surface area contributed by atoms with Gasteiger partial charge < -0.3 is 4.74 Å². The van der Waals surface area contributed by atoms with Crippen molar-refractivity contribution in [3.63, 3.8) is 0 Å². The van der Waals surface area contributed by atoms with Crippen LogP contribution in [0.5, 0.6) is 11.5 Å². The highest BCUT2D eigenvalue weighted by Crippen LogP contribution is 2.46. The van der Waals surface area contributed by atoms with Gasteiger partial charge in [-0.05, 0) is 55.4 Å². The molecule has 2 aromatic rings. The number of halogens is 1. The van der Waals surface area contributed by atoms with Gasteiger partial charge >= 0.3 is 10.1 Å². The number of benzene rings is 2. The third kappa shape index (κ3) is 3.60. The summed E-state index contributed by atoms with van der Waals surface area (Å²) in [5, 5.41) is 2.03. The lowest BCUT2D eigenvalue weighted by molar-refractivity contribution is -0.101. The van der Waals surface area contributed by atoms with Gasteiger partial charge in [0.25, 0.3) is 0 Å². The molecule has 2 aliphatic rings. The molecule has 1 heterocycles. The summed E-state index contributed by atoms with van der Waals surface area (Å²) < 4.78 is 35.9. The molecule has 1 aliphatic carbocycles. The van der Waals surface area contributed by atoms with Crippen LogP contribution in [0.2, 0.25) is 5.02 Å². The zero-order valence-corrected chi connectivity index (χ0v) is 16.0. The molecule has 4 rings (SSSR count). The predicted octanol–water partition coefficient (Wildman–Crippen LogP) is 4.64. The minimum absolute atomic E-state index is 0.0690. The first-order valence-corrected chi connectivity index (χ1v) is 10.5. The maximum atomic E-state index is 12.4. The molecule has 26 heavy (non-hydrogen) atoms. The van der Waals surface area contributed by atoms with Crippen LogP contribution in [0.15, 0.2) is 41.3 Å². The Kier molecular flexibility index (Phi) is 4.69. The van der Waals surface area contributed by atoms with E-state index in [1.165, 1.54) is 17.2 Å². The van der Waals surface area contributed by atoms with Crippen molar-refractivity contribution in [1.82, 2.24) is 5.06 Å². The fourth-order valence-corrected chi connectivity index (χ4v) is 4.14. The van der Waals surface area contributed by atoms with Gasteiger partial charge in [0.2, 0.25) is 0 Å². The quantitative estimate of drug-likeness (QED) is 0.715. The summed E-state index contributed by atoms with van der Waals surface area (Å²) in [5.41, 5.74) is 1.91. The molecule has 0 spiro atoms. The zero-order chi connectivity index (χ0) is 18.3. The molecule has 2 aromatic carbocycles. The van der Waals surface area contributed by atoms with Gasteiger partial charge in [-0.2, -0.15) is 17.8 Å². The standard InChI is InChI=1S/C19H20ClNO4S/c1-13-6-9-15(26(22,23)25-21-10-3-11-21)12-18(13)24-17-5-2-4-16(19(17)20)14-7-8-14/h2,4-6,9,12,14H,3,7-8,10-11H2,1H3. The number of hydroxylamine groups is 2. The molecule has 1 saturated carbocycles.